The van der Waals surface area contributed by atoms with Crippen LogP contribution in [0, 0.1) is 0 Å². The SMILES string of the molecule is COC(=O)c1ccc(N)cc1-c1ccccc1.Cl. The predicted molar refractivity (Wildman–Crippen MR) is 74.9 cm³/mol. The summed E-state index contributed by atoms with van der Waals surface area (Å²) in [6.07, 6.45) is 0. The van der Waals surface area contributed by atoms with Crippen LogP contribution in [0.3, 0.4) is 0 Å². The smallest absolute Gasteiger partial charge is 0.338 e. The maximum atomic E-state index is 11.7. The molecule has 0 fully saturated rings. The van der Waals surface area contributed by atoms with Crippen molar-refractivity contribution >= 4 is 24.1 Å². The molecule has 0 aliphatic heterocycles. The number of nitrogen functional groups attached to an aromatic ring is 1. The van der Waals surface area contributed by atoms with Gasteiger partial charge in [-0.3, -0.25) is 0 Å². The second kappa shape index (κ2) is 6.07. The minimum Gasteiger partial charge on any atom is -0.465 e. The second-order valence-electron chi connectivity index (χ2n) is 3.66. The molecule has 2 aromatic carbocycles. The zero-order chi connectivity index (χ0) is 12.3. The third kappa shape index (κ3) is 2.81. The molecule has 0 spiro atoms. The van der Waals surface area contributed by atoms with E-state index < -0.39 is 0 Å². The van der Waals surface area contributed by atoms with E-state index in [1.165, 1.54) is 7.11 Å². The summed E-state index contributed by atoms with van der Waals surface area (Å²) in [5.74, 6) is -0.358. The number of anilines is 1. The molecule has 0 heterocycles. The van der Waals surface area contributed by atoms with E-state index in [1.807, 2.05) is 30.3 Å². The Morgan fingerprint density at radius 1 is 1.11 bits per heavy atom. The second-order valence-corrected chi connectivity index (χ2v) is 3.66. The Kier molecular flexibility index (Phi) is 4.75. The quantitative estimate of drug-likeness (QED) is 0.669. The first-order valence-corrected chi connectivity index (χ1v) is 5.25. The summed E-state index contributed by atoms with van der Waals surface area (Å²) in [5.41, 5.74) is 8.63. The van der Waals surface area contributed by atoms with Crippen molar-refractivity contribution in [3.05, 3.63) is 54.1 Å². The first-order valence-electron chi connectivity index (χ1n) is 5.25. The normalized spacial score (nSPS) is 9.39. The Morgan fingerprint density at radius 2 is 1.78 bits per heavy atom. The van der Waals surface area contributed by atoms with Gasteiger partial charge in [0.25, 0.3) is 0 Å². The topological polar surface area (TPSA) is 52.3 Å². The van der Waals surface area contributed by atoms with Gasteiger partial charge in [0.2, 0.25) is 0 Å². The minimum absolute atomic E-state index is 0. The van der Waals surface area contributed by atoms with Crippen LogP contribution in [-0.4, -0.2) is 13.1 Å². The van der Waals surface area contributed by atoms with E-state index in [0.29, 0.717) is 11.3 Å². The van der Waals surface area contributed by atoms with Crippen LogP contribution in [0.1, 0.15) is 10.4 Å². The van der Waals surface area contributed by atoms with Crippen LogP contribution >= 0.6 is 12.4 Å². The van der Waals surface area contributed by atoms with E-state index in [-0.39, 0.29) is 18.4 Å². The molecule has 0 aliphatic carbocycles. The third-order valence-corrected chi connectivity index (χ3v) is 2.53. The van der Waals surface area contributed by atoms with Crippen molar-refractivity contribution in [2.75, 3.05) is 12.8 Å². The predicted octanol–water partition coefficient (Wildman–Crippen LogP) is 3.14. The van der Waals surface area contributed by atoms with Crippen molar-refractivity contribution in [3.8, 4) is 11.1 Å². The molecule has 0 bridgehead atoms. The van der Waals surface area contributed by atoms with Crippen LogP contribution in [0.2, 0.25) is 0 Å². The number of carbonyl (C=O) groups excluding carboxylic acids is 1. The zero-order valence-corrected chi connectivity index (χ0v) is 10.7. The third-order valence-electron chi connectivity index (χ3n) is 2.53. The van der Waals surface area contributed by atoms with Crippen LogP contribution in [0.5, 0.6) is 0 Å². The van der Waals surface area contributed by atoms with E-state index >= 15 is 0 Å². The van der Waals surface area contributed by atoms with E-state index in [2.05, 4.69) is 0 Å². The number of nitrogens with two attached hydrogens (primary N) is 1. The first kappa shape index (κ1) is 14.1. The van der Waals surface area contributed by atoms with Crippen molar-refractivity contribution < 1.29 is 9.53 Å². The first-order chi connectivity index (χ1) is 8.22. The fourth-order valence-electron chi connectivity index (χ4n) is 1.71. The van der Waals surface area contributed by atoms with Crippen molar-refractivity contribution in [1.82, 2.24) is 0 Å². The van der Waals surface area contributed by atoms with Crippen molar-refractivity contribution in [2.24, 2.45) is 0 Å². The van der Waals surface area contributed by atoms with Crippen molar-refractivity contribution in [3.63, 3.8) is 0 Å². The molecule has 18 heavy (non-hydrogen) atoms. The standard InChI is InChI=1S/C14H13NO2.ClH/c1-17-14(16)12-8-7-11(15)9-13(12)10-5-3-2-4-6-10;/h2-9H,15H2,1H3;1H. The molecular weight excluding hydrogens is 250 g/mol. The Hall–Kier alpha value is -2.00. The molecule has 0 radical (unpaired) electrons. The molecular formula is C14H14ClNO2. The lowest BCUT2D eigenvalue weighted by Crippen LogP contribution is -2.04. The molecule has 2 rings (SSSR count). The van der Waals surface area contributed by atoms with E-state index in [1.54, 1.807) is 18.2 Å². The van der Waals surface area contributed by atoms with Gasteiger partial charge in [0.1, 0.15) is 0 Å². The maximum Gasteiger partial charge on any atom is 0.338 e. The highest BCUT2D eigenvalue weighted by molar-refractivity contribution is 5.98. The molecule has 0 aliphatic rings. The highest BCUT2D eigenvalue weighted by Crippen LogP contribution is 2.26. The van der Waals surface area contributed by atoms with Crippen LogP contribution in [-0.2, 0) is 4.74 Å². The van der Waals surface area contributed by atoms with Gasteiger partial charge in [-0.15, -0.1) is 12.4 Å². The van der Waals surface area contributed by atoms with Gasteiger partial charge >= 0.3 is 5.97 Å². The Bertz CT molecular complexity index is 541. The van der Waals surface area contributed by atoms with E-state index in [0.717, 1.165) is 11.1 Å². The maximum absolute atomic E-state index is 11.7. The van der Waals surface area contributed by atoms with Crippen molar-refractivity contribution in [1.29, 1.82) is 0 Å². The van der Waals surface area contributed by atoms with Gasteiger partial charge in [0.15, 0.2) is 0 Å². The fourth-order valence-corrected chi connectivity index (χ4v) is 1.71. The summed E-state index contributed by atoms with van der Waals surface area (Å²) in [6.45, 7) is 0. The van der Waals surface area contributed by atoms with Gasteiger partial charge < -0.3 is 10.5 Å². The molecule has 4 heteroatoms. The highest BCUT2D eigenvalue weighted by Gasteiger charge is 2.12. The number of halogens is 1. The van der Waals surface area contributed by atoms with E-state index in [4.69, 9.17) is 10.5 Å². The number of esters is 1. The van der Waals surface area contributed by atoms with Gasteiger partial charge in [-0.05, 0) is 29.3 Å². The molecule has 2 aromatic rings. The number of methoxy groups -OCH3 is 1. The number of benzene rings is 2. The number of ether oxygens (including phenoxy) is 1. The van der Waals surface area contributed by atoms with Crippen LogP contribution in [0.25, 0.3) is 11.1 Å². The van der Waals surface area contributed by atoms with Crippen LogP contribution in [0.4, 0.5) is 5.69 Å². The lowest BCUT2D eigenvalue weighted by Gasteiger charge is -2.09. The number of hydrogen-bond donors (Lipinski definition) is 1. The largest absolute Gasteiger partial charge is 0.465 e. The molecule has 0 aromatic heterocycles. The number of hydrogen-bond acceptors (Lipinski definition) is 3. The lowest BCUT2D eigenvalue weighted by molar-refractivity contribution is 0.0601. The van der Waals surface area contributed by atoms with Crippen LogP contribution in [0.15, 0.2) is 48.5 Å². The van der Waals surface area contributed by atoms with E-state index in [9.17, 15) is 4.79 Å². The Morgan fingerprint density at radius 3 is 2.39 bits per heavy atom. The summed E-state index contributed by atoms with van der Waals surface area (Å²) >= 11 is 0. The molecule has 0 saturated heterocycles. The zero-order valence-electron chi connectivity index (χ0n) is 9.92. The van der Waals surface area contributed by atoms with Gasteiger partial charge in [0, 0.05) is 5.69 Å². The van der Waals surface area contributed by atoms with Gasteiger partial charge in [-0.25, -0.2) is 4.79 Å². The summed E-state index contributed by atoms with van der Waals surface area (Å²) in [7, 11) is 1.37. The van der Waals surface area contributed by atoms with Crippen LogP contribution < -0.4 is 5.73 Å². The molecule has 94 valence electrons. The Labute approximate surface area is 112 Å². The fraction of sp³-hybridized carbons (Fsp3) is 0.0714. The molecule has 0 unspecified atom stereocenters. The summed E-state index contributed by atoms with van der Waals surface area (Å²) in [6, 6.07) is 14.8. The Balaban J connectivity index is 0.00000162. The average Bonchev–Trinajstić information content (AvgIpc) is 2.39. The molecule has 0 saturated carbocycles. The molecule has 2 N–H and O–H groups in total. The lowest BCUT2D eigenvalue weighted by atomic mass is 9.99. The summed E-state index contributed by atoms with van der Waals surface area (Å²) < 4.78 is 4.76. The molecule has 0 atom stereocenters. The number of carbonyl (C=O) groups is 1. The average molecular weight is 264 g/mol. The van der Waals surface area contributed by atoms with Gasteiger partial charge in [-0.1, -0.05) is 30.3 Å². The molecule has 3 nitrogen and oxygen atoms in total. The minimum atomic E-state index is -0.358. The monoisotopic (exact) mass is 263 g/mol. The number of rotatable bonds is 2. The van der Waals surface area contributed by atoms with Gasteiger partial charge in [-0.2, -0.15) is 0 Å². The van der Waals surface area contributed by atoms with Crippen molar-refractivity contribution in [2.45, 2.75) is 0 Å². The highest BCUT2D eigenvalue weighted by atomic mass is 35.5. The molecule has 0 amide bonds. The summed E-state index contributed by atoms with van der Waals surface area (Å²) in [5, 5.41) is 0. The van der Waals surface area contributed by atoms with Gasteiger partial charge in [0.05, 0.1) is 12.7 Å². The summed E-state index contributed by atoms with van der Waals surface area (Å²) in [4.78, 5) is 11.7.